The lowest BCUT2D eigenvalue weighted by atomic mass is 9.70. The maximum absolute atomic E-state index is 8.83. The Labute approximate surface area is 382 Å². The number of hydrogen-bond acceptors (Lipinski definition) is 2. The van der Waals surface area contributed by atoms with E-state index in [2.05, 4.69) is 185 Å². The fourth-order valence-electron chi connectivity index (χ4n) is 11.2. The summed E-state index contributed by atoms with van der Waals surface area (Å²) in [7, 11) is 0. The van der Waals surface area contributed by atoms with Gasteiger partial charge in [0.15, 0.2) is 0 Å². The Balaban J connectivity index is 1.07. The monoisotopic (exact) mass is 835 g/mol. The van der Waals surface area contributed by atoms with Crippen molar-refractivity contribution in [3.05, 3.63) is 253 Å². The number of para-hydroxylation sites is 1. The van der Waals surface area contributed by atoms with Gasteiger partial charge >= 0.3 is 0 Å². The predicted molar refractivity (Wildman–Crippen MR) is 270 cm³/mol. The van der Waals surface area contributed by atoms with Crippen molar-refractivity contribution in [2.75, 3.05) is 4.90 Å². The van der Waals surface area contributed by atoms with Crippen LogP contribution in [-0.4, -0.2) is 4.57 Å². The minimum Gasteiger partial charge on any atom is -0.310 e. The van der Waals surface area contributed by atoms with Crippen LogP contribution in [0.25, 0.3) is 81.0 Å². The van der Waals surface area contributed by atoms with Crippen LogP contribution in [0.1, 0.15) is 29.1 Å². The highest BCUT2D eigenvalue weighted by atomic mass is 32.1. The summed E-state index contributed by atoms with van der Waals surface area (Å²) < 4.78 is 47.7. The van der Waals surface area contributed by atoms with Crippen molar-refractivity contribution in [1.82, 2.24) is 4.57 Å². The molecule has 0 fully saturated rings. The van der Waals surface area contributed by atoms with Gasteiger partial charge in [-0.05, 0) is 117 Å². The molecule has 0 N–H and O–H groups in total. The van der Waals surface area contributed by atoms with E-state index in [1.165, 1.54) is 64.5 Å². The van der Waals surface area contributed by atoms with Gasteiger partial charge in [0.05, 0.1) is 29.0 Å². The fraction of sp³-hybridized carbons (Fsp3) is 0.0164. The quantitative estimate of drug-likeness (QED) is 0.168. The summed E-state index contributed by atoms with van der Waals surface area (Å²) >= 11 is 1.82. The smallest absolute Gasteiger partial charge is 0.0726 e. The van der Waals surface area contributed by atoms with Gasteiger partial charge in [-0.2, -0.15) is 0 Å². The van der Waals surface area contributed by atoms with E-state index in [1.54, 1.807) is 0 Å². The van der Waals surface area contributed by atoms with E-state index in [-0.39, 0.29) is 29.7 Å². The molecule has 0 saturated heterocycles. The molecule has 0 bridgehead atoms. The number of hydrogen-bond donors (Lipinski definition) is 0. The number of anilines is 3. The molecule has 2 aliphatic carbocycles. The first kappa shape index (κ1) is 31.0. The third-order valence-corrected chi connectivity index (χ3v) is 14.8. The van der Waals surface area contributed by atoms with Crippen molar-refractivity contribution in [2.45, 2.75) is 5.41 Å². The van der Waals surface area contributed by atoms with Crippen molar-refractivity contribution in [3.63, 3.8) is 0 Å². The third kappa shape index (κ3) is 4.79. The molecule has 2 aromatic heterocycles. The van der Waals surface area contributed by atoms with Crippen molar-refractivity contribution in [1.29, 1.82) is 0 Å². The van der Waals surface area contributed by atoms with Gasteiger partial charge in [0.2, 0.25) is 0 Å². The second-order valence-corrected chi connectivity index (χ2v) is 17.9. The SMILES string of the molecule is [2H]c1c([2H])c([2H])c(-c2ccc(N(c3ccc4c(c3)c3c5c(ccc3n4-c3ccccc3)sc3ccccc35)c3cccc4c3-c3ccccc3C43c4ccccc4-c4ccccc43)cc2)c([2H])c1[2H]. The normalized spacial score (nSPS) is 14.2. The summed E-state index contributed by atoms with van der Waals surface area (Å²) in [4.78, 5) is 2.35. The Morgan fingerprint density at radius 1 is 0.438 bits per heavy atom. The number of aromatic nitrogens is 1. The fourth-order valence-corrected chi connectivity index (χ4v) is 12.3. The van der Waals surface area contributed by atoms with Crippen molar-refractivity contribution < 1.29 is 6.85 Å². The maximum atomic E-state index is 8.83. The number of rotatable bonds is 5. The van der Waals surface area contributed by atoms with Gasteiger partial charge in [0.1, 0.15) is 0 Å². The molecule has 2 heterocycles. The van der Waals surface area contributed by atoms with Gasteiger partial charge in [-0.15, -0.1) is 11.3 Å². The van der Waals surface area contributed by atoms with Gasteiger partial charge in [0.25, 0.3) is 0 Å². The minimum absolute atomic E-state index is 0.177. The first-order valence-corrected chi connectivity index (χ1v) is 22.5. The summed E-state index contributed by atoms with van der Waals surface area (Å²) in [6.07, 6.45) is 0. The Hall–Kier alpha value is -7.98. The highest BCUT2D eigenvalue weighted by molar-refractivity contribution is 7.26. The Morgan fingerprint density at radius 2 is 1.06 bits per heavy atom. The predicted octanol–water partition coefficient (Wildman–Crippen LogP) is 16.6. The molecule has 0 amide bonds. The van der Waals surface area contributed by atoms with Crippen molar-refractivity contribution >= 4 is 70.4 Å². The molecular formula is C61H38N2S. The largest absolute Gasteiger partial charge is 0.310 e. The number of thiophene rings is 1. The summed E-state index contributed by atoms with van der Waals surface area (Å²) in [5, 5.41) is 4.81. The number of fused-ring (bicyclic) bond motifs is 17. The Morgan fingerprint density at radius 3 is 1.83 bits per heavy atom. The molecule has 0 aliphatic heterocycles. The molecule has 14 rings (SSSR count). The molecule has 0 unspecified atom stereocenters. The zero-order chi connectivity index (χ0) is 46.3. The zero-order valence-corrected chi connectivity index (χ0v) is 35.2. The molecule has 3 heteroatoms. The van der Waals surface area contributed by atoms with Crippen LogP contribution in [0.5, 0.6) is 0 Å². The van der Waals surface area contributed by atoms with E-state index in [0.29, 0.717) is 5.56 Å². The average molecular weight is 836 g/mol. The van der Waals surface area contributed by atoms with Crippen molar-refractivity contribution in [2.24, 2.45) is 0 Å². The lowest BCUT2D eigenvalue weighted by Gasteiger charge is -2.32. The van der Waals surface area contributed by atoms with Crippen LogP contribution in [0.4, 0.5) is 17.1 Å². The molecule has 0 saturated carbocycles. The second kappa shape index (κ2) is 13.5. The minimum atomic E-state index is -0.551. The van der Waals surface area contributed by atoms with Gasteiger partial charge in [-0.3, -0.25) is 0 Å². The first-order valence-electron chi connectivity index (χ1n) is 24.2. The van der Waals surface area contributed by atoms with E-state index in [4.69, 9.17) is 6.85 Å². The highest BCUT2D eigenvalue weighted by Gasteiger charge is 2.52. The molecule has 298 valence electrons. The Bertz CT molecular complexity index is 4080. The van der Waals surface area contributed by atoms with Crippen LogP contribution in [0.3, 0.4) is 0 Å². The van der Waals surface area contributed by atoms with Crippen LogP contribution in [-0.2, 0) is 5.41 Å². The number of nitrogens with zero attached hydrogens (tertiary/aromatic N) is 2. The van der Waals surface area contributed by atoms with Crippen LogP contribution in [0, 0.1) is 0 Å². The lowest BCUT2D eigenvalue weighted by Crippen LogP contribution is -2.26. The first-order chi connectivity index (χ1) is 33.8. The van der Waals surface area contributed by atoms with Crippen molar-refractivity contribution in [3.8, 4) is 39.1 Å². The summed E-state index contributed by atoms with van der Waals surface area (Å²) in [5.41, 5.74) is 16.1. The zero-order valence-electron chi connectivity index (χ0n) is 39.4. The van der Waals surface area contributed by atoms with Crippen LogP contribution < -0.4 is 4.90 Å². The Kier molecular flexibility index (Phi) is 6.53. The summed E-state index contributed by atoms with van der Waals surface area (Å²) in [5.74, 6) is 0. The average Bonchev–Trinajstić information content (AvgIpc) is 4.12. The molecule has 64 heavy (non-hydrogen) atoms. The van der Waals surface area contributed by atoms with E-state index < -0.39 is 11.5 Å². The maximum Gasteiger partial charge on any atom is 0.0726 e. The van der Waals surface area contributed by atoms with Crippen LogP contribution in [0.15, 0.2) is 230 Å². The van der Waals surface area contributed by atoms with Gasteiger partial charge in [-0.25, -0.2) is 0 Å². The molecule has 0 radical (unpaired) electrons. The summed E-state index contributed by atoms with van der Waals surface area (Å²) in [6.45, 7) is 0. The molecule has 12 aromatic rings. The molecular weight excluding hydrogens is 793 g/mol. The van der Waals surface area contributed by atoms with E-state index in [1.807, 2.05) is 35.6 Å². The van der Waals surface area contributed by atoms with Crippen LogP contribution in [0.2, 0.25) is 0 Å². The van der Waals surface area contributed by atoms with Crippen LogP contribution >= 0.6 is 11.3 Å². The topological polar surface area (TPSA) is 8.17 Å². The van der Waals surface area contributed by atoms with Gasteiger partial charge < -0.3 is 9.47 Å². The summed E-state index contributed by atoms with van der Waals surface area (Å²) in [6, 6.07) is 70.3. The molecule has 0 atom stereocenters. The highest BCUT2D eigenvalue weighted by Crippen LogP contribution is 2.64. The molecule has 10 aromatic carbocycles. The van der Waals surface area contributed by atoms with Gasteiger partial charge in [0, 0.05) is 53.6 Å². The second-order valence-electron chi connectivity index (χ2n) is 16.8. The van der Waals surface area contributed by atoms with E-state index in [9.17, 15) is 0 Å². The third-order valence-electron chi connectivity index (χ3n) is 13.7. The molecule has 2 aliphatic rings. The number of benzene rings is 10. The molecule has 2 nitrogen and oxygen atoms in total. The van der Waals surface area contributed by atoms with E-state index in [0.717, 1.165) is 44.7 Å². The lowest BCUT2D eigenvalue weighted by molar-refractivity contribution is 0.794. The molecule has 1 spiro atoms. The standard InChI is InChI=1S/C61H38N2S/c1-3-16-39(17-4-1)40-30-32-42(33-31-40)62(54-28-15-27-52-58(54)46-22-9-13-26-51(46)61(52)49-24-11-7-20-44(49)45-21-8-12-25-50(45)61)43-34-35-53-48(38-43)59-55(63(53)41-18-5-2-6-19-41)36-37-57-60(59)47-23-10-14-29-56(47)64-57/h1-38H/i1D,3D,4D,16D,17D. The van der Waals surface area contributed by atoms with E-state index >= 15 is 0 Å². The van der Waals surface area contributed by atoms with Gasteiger partial charge in [-0.1, -0.05) is 164 Å².